The molecule has 1 aromatic carbocycles. The van der Waals surface area contributed by atoms with Crippen LogP contribution < -0.4 is 15.2 Å². The lowest BCUT2D eigenvalue weighted by Gasteiger charge is -2.32. The Morgan fingerprint density at radius 2 is 2.13 bits per heavy atom. The van der Waals surface area contributed by atoms with Crippen LogP contribution in [0.1, 0.15) is 36.5 Å². The minimum Gasteiger partial charge on any atom is -0.493 e. The van der Waals surface area contributed by atoms with Crippen LogP contribution in [-0.4, -0.2) is 43.5 Å². The van der Waals surface area contributed by atoms with E-state index in [0.717, 1.165) is 25.9 Å². The number of rotatable bonds is 6. The average molecular weight is 320 g/mol. The molecule has 1 saturated heterocycles. The maximum atomic E-state index is 12.7. The number of likely N-dealkylation sites (tertiary alicyclic amines) is 1. The first-order valence-corrected chi connectivity index (χ1v) is 7.93. The van der Waals surface area contributed by atoms with Gasteiger partial charge in [0.2, 0.25) is 0 Å². The Labute approximate surface area is 136 Å². The van der Waals surface area contributed by atoms with Crippen LogP contribution in [0.25, 0.3) is 0 Å². The SMILES string of the molecule is CCC1CCCN(C(=O)c2ccc(OCC(N)=O)c(OC)c2)C1. The van der Waals surface area contributed by atoms with Crippen molar-refractivity contribution in [1.82, 2.24) is 4.90 Å². The second kappa shape index (κ2) is 7.85. The predicted octanol–water partition coefficient (Wildman–Crippen LogP) is 1.82. The third-order valence-electron chi connectivity index (χ3n) is 4.16. The highest BCUT2D eigenvalue weighted by molar-refractivity contribution is 5.95. The predicted molar refractivity (Wildman–Crippen MR) is 86.6 cm³/mol. The number of primary amides is 1. The van der Waals surface area contributed by atoms with Gasteiger partial charge in [0.1, 0.15) is 0 Å². The molecular formula is C17H24N2O4. The third kappa shape index (κ3) is 4.37. The zero-order valence-corrected chi connectivity index (χ0v) is 13.7. The number of nitrogens with zero attached hydrogens (tertiary/aromatic N) is 1. The summed E-state index contributed by atoms with van der Waals surface area (Å²) in [5.74, 6) is 0.830. The number of carbonyl (C=O) groups excluding carboxylic acids is 2. The van der Waals surface area contributed by atoms with Gasteiger partial charge in [-0.15, -0.1) is 0 Å². The standard InChI is InChI=1S/C17H24N2O4/c1-3-12-5-4-8-19(10-12)17(21)13-6-7-14(15(9-13)22-2)23-11-16(18)20/h6-7,9,12H,3-5,8,10-11H2,1-2H3,(H2,18,20). The third-order valence-corrected chi connectivity index (χ3v) is 4.16. The molecular weight excluding hydrogens is 296 g/mol. The maximum Gasteiger partial charge on any atom is 0.255 e. The summed E-state index contributed by atoms with van der Waals surface area (Å²) >= 11 is 0. The molecule has 1 atom stereocenters. The van der Waals surface area contributed by atoms with Gasteiger partial charge in [0.15, 0.2) is 18.1 Å². The largest absolute Gasteiger partial charge is 0.493 e. The van der Waals surface area contributed by atoms with Gasteiger partial charge in [-0.1, -0.05) is 13.3 Å². The summed E-state index contributed by atoms with van der Waals surface area (Å²) in [5, 5.41) is 0. The Morgan fingerprint density at radius 3 is 2.78 bits per heavy atom. The van der Waals surface area contributed by atoms with Crippen molar-refractivity contribution in [2.75, 3.05) is 26.8 Å². The normalized spacial score (nSPS) is 17.7. The molecule has 1 fully saturated rings. The number of ether oxygens (including phenoxy) is 2. The fourth-order valence-electron chi connectivity index (χ4n) is 2.83. The van der Waals surface area contributed by atoms with Crippen molar-refractivity contribution < 1.29 is 19.1 Å². The summed E-state index contributed by atoms with van der Waals surface area (Å²) < 4.78 is 10.5. The molecule has 0 aliphatic carbocycles. The molecule has 6 nitrogen and oxygen atoms in total. The number of hydrogen-bond acceptors (Lipinski definition) is 4. The Kier molecular flexibility index (Phi) is 5.84. The van der Waals surface area contributed by atoms with Crippen LogP contribution in [0.2, 0.25) is 0 Å². The van der Waals surface area contributed by atoms with E-state index in [-0.39, 0.29) is 12.5 Å². The van der Waals surface area contributed by atoms with E-state index in [2.05, 4.69) is 6.92 Å². The van der Waals surface area contributed by atoms with Crippen molar-refractivity contribution in [3.63, 3.8) is 0 Å². The second-order valence-corrected chi connectivity index (χ2v) is 5.79. The van der Waals surface area contributed by atoms with Crippen LogP contribution in [0.3, 0.4) is 0 Å². The topological polar surface area (TPSA) is 81.9 Å². The number of piperidine rings is 1. The fourth-order valence-corrected chi connectivity index (χ4v) is 2.83. The Hall–Kier alpha value is -2.24. The van der Waals surface area contributed by atoms with E-state index >= 15 is 0 Å². The minimum absolute atomic E-state index is 0.00269. The summed E-state index contributed by atoms with van der Waals surface area (Å²) in [6, 6.07) is 4.97. The van der Waals surface area contributed by atoms with E-state index in [0.29, 0.717) is 23.0 Å². The van der Waals surface area contributed by atoms with E-state index in [9.17, 15) is 9.59 Å². The number of carbonyl (C=O) groups is 2. The van der Waals surface area contributed by atoms with Gasteiger partial charge < -0.3 is 20.1 Å². The number of hydrogen-bond donors (Lipinski definition) is 1. The number of nitrogens with two attached hydrogens (primary N) is 1. The molecule has 1 aliphatic rings. The van der Waals surface area contributed by atoms with Gasteiger partial charge in [0, 0.05) is 18.7 Å². The zero-order chi connectivity index (χ0) is 16.8. The van der Waals surface area contributed by atoms with Gasteiger partial charge in [-0.05, 0) is 37.0 Å². The van der Waals surface area contributed by atoms with Crippen LogP contribution in [-0.2, 0) is 4.79 Å². The van der Waals surface area contributed by atoms with E-state index in [1.54, 1.807) is 18.2 Å². The molecule has 1 aromatic rings. The number of methoxy groups -OCH3 is 1. The van der Waals surface area contributed by atoms with Crippen LogP contribution in [0.5, 0.6) is 11.5 Å². The van der Waals surface area contributed by atoms with Crippen molar-refractivity contribution in [1.29, 1.82) is 0 Å². The Morgan fingerprint density at radius 1 is 1.35 bits per heavy atom. The molecule has 2 amide bonds. The van der Waals surface area contributed by atoms with Gasteiger partial charge in [-0.2, -0.15) is 0 Å². The maximum absolute atomic E-state index is 12.7. The summed E-state index contributed by atoms with van der Waals surface area (Å²) in [4.78, 5) is 25.4. The summed E-state index contributed by atoms with van der Waals surface area (Å²) in [5.41, 5.74) is 5.63. The molecule has 6 heteroatoms. The Balaban J connectivity index is 2.12. The molecule has 23 heavy (non-hydrogen) atoms. The van der Waals surface area contributed by atoms with E-state index < -0.39 is 5.91 Å². The van der Waals surface area contributed by atoms with Gasteiger partial charge in [0.05, 0.1) is 7.11 Å². The van der Waals surface area contributed by atoms with Crippen LogP contribution in [0.4, 0.5) is 0 Å². The smallest absolute Gasteiger partial charge is 0.255 e. The molecule has 126 valence electrons. The fraction of sp³-hybridized carbons (Fsp3) is 0.529. The monoisotopic (exact) mass is 320 g/mol. The van der Waals surface area contributed by atoms with Crippen molar-refractivity contribution in [3.05, 3.63) is 23.8 Å². The zero-order valence-electron chi connectivity index (χ0n) is 13.7. The Bertz CT molecular complexity index is 574. The first-order valence-electron chi connectivity index (χ1n) is 7.93. The lowest BCUT2D eigenvalue weighted by atomic mass is 9.95. The molecule has 0 bridgehead atoms. The highest BCUT2D eigenvalue weighted by atomic mass is 16.5. The van der Waals surface area contributed by atoms with Crippen molar-refractivity contribution in [2.24, 2.45) is 11.7 Å². The second-order valence-electron chi connectivity index (χ2n) is 5.79. The molecule has 0 spiro atoms. The van der Waals surface area contributed by atoms with Gasteiger partial charge >= 0.3 is 0 Å². The highest BCUT2D eigenvalue weighted by Crippen LogP contribution is 2.29. The first kappa shape index (κ1) is 17.1. The van der Waals surface area contributed by atoms with Gasteiger partial charge in [-0.25, -0.2) is 0 Å². The molecule has 0 aromatic heterocycles. The van der Waals surface area contributed by atoms with Crippen molar-refractivity contribution in [3.8, 4) is 11.5 Å². The lowest BCUT2D eigenvalue weighted by molar-refractivity contribution is -0.119. The van der Waals surface area contributed by atoms with Crippen molar-refractivity contribution in [2.45, 2.75) is 26.2 Å². The number of benzene rings is 1. The molecule has 1 aliphatic heterocycles. The van der Waals surface area contributed by atoms with Crippen molar-refractivity contribution >= 4 is 11.8 Å². The van der Waals surface area contributed by atoms with Gasteiger partial charge in [0.25, 0.3) is 11.8 Å². The summed E-state index contributed by atoms with van der Waals surface area (Å²) in [6.07, 6.45) is 3.32. The van der Waals surface area contributed by atoms with Crippen LogP contribution >= 0.6 is 0 Å². The van der Waals surface area contributed by atoms with E-state index in [4.69, 9.17) is 15.2 Å². The molecule has 2 rings (SSSR count). The minimum atomic E-state index is -0.564. The quantitative estimate of drug-likeness (QED) is 0.867. The van der Waals surface area contributed by atoms with E-state index in [1.165, 1.54) is 13.5 Å². The summed E-state index contributed by atoms with van der Waals surface area (Å²) in [7, 11) is 1.49. The average Bonchev–Trinajstić information content (AvgIpc) is 2.59. The van der Waals surface area contributed by atoms with Crippen LogP contribution in [0.15, 0.2) is 18.2 Å². The highest BCUT2D eigenvalue weighted by Gasteiger charge is 2.24. The molecule has 2 N–H and O–H groups in total. The van der Waals surface area contributed by atoms with Gasteiger partial charge in [-0.3, -0.25) is 9.59 Å². The molecule has 1 heterocycles. The lowest BCUT2D eigenvalue weighted by Crippen LogP contribution is -2.39. The molecule has 0 saturated carbocycles. The summed E-state index contributed by atoms with van der Waals surface area (Å²) in [6.45, 7) is 3.52. The number of amides is 2. The van der Waals surface area contributed by atoms with Crippen LogP contribution in [0, 0.1) is 5.92 Å². The molecule has 1 unspecified atom stereocenters. The molecule has 0 radical (unpaired) electrons. The first-order chi connectivity index (χ1) is 11.0. The van der Waals surface area contributed by atoms with E-state index in [1.807, 2.05) is 4.90 Å².